The highest BCUT2D eigenvalue weighted by molar-refractivity contribution is 5.68. The van der Waals surface area contributed by atoms with Crippen molar-refractivity contribution in [3.63, 3.8) is 0 Å². The van der Waals surface area contributed by atoms with Crippen molar-refractivity contribution in [3.8, 4) is 11.1 Å². The molecule has 6 rings (SSSR count). The number of hydrogen-bond donors (Lipinski definition) is 2. The molecule has 0 unspecified atom stereocenters. The summed E-state index contributed by atoms with van der Waals surface area (Å²) in [5.74, 6) is -0.131. The topological polar surface area (TPSA) is 97.5 Å². The summed E-state index contributed by atoms with van der Waals surface area (Å²) in [6, 6.07) is 17.1. The highest BCUT2D eigenvalue weighted by Gasteiger charge is 2.51. The number of rotatable bonds is 6. The quantitative estimate of drug-likeness (QED) is 0.381. The normalized spacial score (nSPS) is 23.0. The predicted molar refractivity (Wildman–Crippen MR) is 140 cm³/mol. The molecule has 1 saturated carbocycles. The molecule has 0 atom stereocenters. The number of nitrogens with zero attached hydrogens (tertiary/aromatic N) is 2. The Labute approximate surface area is 213 Å². The van der Waals surface area contributed by atoms with E-state index in [0.717, 1.165) is 42.5 Å². The van der Waals surface area contributed by atoms with Crippen LogP contribution in [0.3, 0.4) is 0 Å². The Morgan fingerprint density at radius 2 is 1.53 bits per heavy atom. The molecule has 3 heterocycles. The lowest BCUT2D eigenvalue weighted by Crippen LogP contribution is -2.50. The SMILES string of the molecule is CC.CC(C)(C)c1nnc(Nc2ccc(-c3ccc(C45CCC(CC(=O)O)(CC4)CO5)cc3)cc2)o1. The van der Waals surface area contributed by atoms with Gasteiger partial charge < -0.3 is 19.6 Å². The van der Waals surface area contributed by atoms with E-state index in [0.29, 0.717) is 18.5 Å². The summed E-state index contributed by atoms with van der Waals surface area (Å²) in [4.78, 5) is 11.3. The van der Waals surface area contributed by atoms with Crippen LogP contribution >= 0.6 is 0 Å². The van der Waals surface area contributed by atoms with Crippen molar-refractivity contribution < 1.29 is 19.1 Å². The van der Waals surface area contributed by atoms with E-state index in [1.54, 1.807) is 0 Å². The first-order valence-corrected chi connectivity index (χ1v) is 12.8. The number of nitrogens with one attached hydrogen (secondary N) is 1. The van der Waals surface area contributed by atoms with Gasteiger partial charge in [-0.25, -0.2) is 0 Å². The lowest BCUT2D eigenvalue weighted by molar-refractivity contribution is -0.195. The lowest BCUT2D eigenvalue weighted by atomic mass is 9.63. The fraction of sp³-hybridized carbons (Fsp3) is 0.483. The Hall–Kier alpha value is -3.19. The van der Waals surface area contributed by atoms with E-state index in [4.69, 9.17) is 9.15 Å². The highest BCUT2D eigenvalue weighted by atomic mass is 16.5. The molecule has 2 bridgehead atoms. The average Bonchev–Trinajstić information content (AvgIpc) is 3.36. The van der Waals surface area contributed by atoms with Crippen LogP contribution in [0.25, 0.3) is 11.1 Å². The van der Waals surface area contributed by atoms with E-state index >= 15 is 0 Å². The molecular weight excluding hydrogens is 454 g/mol. The summed E-state index contributed by atoms with van der Waals surface area (Å²) < 4.78 is 12.0. The molecule has 3 fully saturated rings. The summed E-state index contributed by atoms with van der Waals surface area (Å²) in [7, 11) is 0. The number of aliphatic carboxylic acids is 1. The van der Waals surface area contributed by atoms with Crippen LogP contribution in [0, 0.1) is 5.41 Å². The van der Waals surface area contributed by atoms with Gasteiger partial charge in [0.15, 0.2) is 0 Å². The number of carbonyl (C=O) groups is 1. The van der Waals surface area contributed by atoms with E-state index < -0.39 is 5.97 Å². The minimum atomic E-state index is -0.727. The first-order chi connectivity index (χ1) is 17.2. The number of aromatic nitrogens is 2. The van der Waals surface area contributed by atoms with Crippen molar-refractivity contribution in [1.82, 2.24) is 10.2 Å². The van der Waals surface area contributed by atoms with Gasteiger partial charge in [-0.1, -0.05) is 76.1 Å². The fourth-order valence-electron chi connectivity index (χ4n) is 5.10. The second kappa shape index (κ2) is 10.1. The van der Waals surface area contributed by atoms with Gasteiger partial charge >= 0.3 is 12.0 Å². The van der Waals surface area contributed by atoms with Crippen LogP contribution in [0.15, 0.2) is 52.9 Å². The maximum Gasteiger partial charge on any atom is 0.320 e. The molecule has 36 heavy (non-hydrogen) atoms. The van der Waals surface area contributed by atoms with Gasteiger partial charge in [0.1, 0.15) is 0 Å². The minimum absolute atomic E-state index is 0.182. The number of fused-ring (bicyclic) bond motifs is 3. The number of carboxylic acids is 1. The van der Waals surface area contributed by atoms with Crippen molar-refractivity contribution in [2.75, 3.05) is 11.9 Å². The molecule has 3 aromatic rings. The maximum atomic E-state index is 11.3. The van der Waals surface area contributed by atoms with Gasteiger partial charge in [0.05, 0.1) is 18.6 Å². The fourth-order valence-corrected chi connectivity index (χ4v) is 5.10. The van der Waals surface area contributed by atoms with Crippen LogP contribution in [-0.4, -0.2) is 27.9 Å². The van der Waals surface area contributed by atoms with Crippen LogP contribution in [0.1, 0.15) is 78.2 Å². The van der Waals surface area contributed by atoms with Crippen molar-refractivity contribution in [2.45, 2.75) is 77.7 Å². The van der Waals surface area contributed by atoms with Crippen LogP contribution in [0.2, 0.25) is 0 Å². The van der Waals surface area contributed by atoms with Gasteiger partial charge in [-0.05, 0) is 54.5 Å². The third-order valence-corrected chi connectivity index (χ3v) is 7.25. The van der Waals surface area contributed by atoms with Gasteiger partial charge in [0.25, 0.3) is 0 Å². The number of carboxylic acid groups (broad SMARTS) is 1. The zero-order valence-corrected chi connectivity index (χ0v) is 21.9. The summed E-state index contributed by atoms with van der Waals surface area (Å²) >= 11 is 0. The predicted octanol–water partition coefficient (Wildman–Crippen LogP) is 7.06. The average molecular weight is 492 g/mol. The standard InChI is InChI=1S/C27H31N3O4.C2H6/c1-25(2,3)23-29-30-24(34-23)28-21-10-6-19(7-11-21)18-4-8-20(9-5-18)27-14-12-26(13-15-27,17-33-27)16-22(31)32;1-2/h4-11H,12-17H2,1-3H3,(H,28,30)(H,31,32);1-2H3. The van der Waals surface area contributed by atoms with Gasteiger partial charge in [0, 0.05) is 16.5 Å². The molecule has 2 saturated heterocycles. The maximum absolute atomic E-state index is 11.3. The van der Waals surface area contributed by atoms with Crippen LogP contribution in [0.4, 0.5) is 11.7 Å². The molecule has 0 radical (unpaired) electrons. The molecule has 192 valence electrons. The number of benzene rings is 2. The Bertz CT molecular complexity index is 1150. The van der Waals surface area contributed by atoms with Gasteiger partial charge in [0.2, 0.25) is 5.89 Å². The van der Waals surface area contributed by atoms with E-state index in [2.05, 4.69) is 51.9 Å². The molecule has 1 aliphatic carbocycles. The zero-order valence-electron chi connectivity index (χ0n) is 21.9. The Morgan fingerprint density at radius 1 is 0.944 bits per heavy atom. The Kier molecular flexibility index (Phi) is 7.23. The van der Waals surface area contributed by atoms with Gasteiger partial charge in [-0.3, -0.25) is 4.79 Å². The smallest absolute Gasteiger partial charge is 0.320 e. The van der Waals surface area contributed by atoms with Gasteiger partial charge in [-0.2, -0.15) is 0 Å². The molecule has 0 amide bonds. The van der Waals surface area contributed by atoms with E-state index in [1.807, 2.05) is 46.8 Å². The molecule has 0 spiro atoms. The highest BCUT2D eigenvalue weighted by Crippen LogP contribution is 2.55. The first-order valence-electron chi connectivity index (χ1n) is 12.8. The first kappa shape index (κ1) is 25.9. The molecule has 1 aromatic heterocycles. The van der Waals surface area contributed by atoms with Crippen LogP contribution < -0.4 is 5.32 Å². The number of anilines is 2. The van der Waals surface area contributed by atoms with E-state index in [1.165, 1.54) is 5.56 Å². The largest absolute Gasteiger partial charge is 0.481 e. The molecule has 3 aliphatic rings. The van der Waals surface area contributed by atoms with Crippen LogP contribution in [-0.2, 0) is 20.5 Å². The summed E-state index contributed by atoms with van der Waals surface area (Å²) in [5, 5.41) is 20.6. The molecule has 7 heteroatoms. The number of ether oxygens (including phenoxy) is 1. The summed E-state index contributed by atoms with van der Waals surface area (Å²) in [6.45, 7) is 10.6. The molecule has 2 aliphatic heterocycles. The summed E-state index contributed by atoms with van der Waals surface area (Å²) in [6.07, 6.45) is 3.79. The third kappa shape index (κ3) is 5.31. The minimum Gasteiger partial charge on any atom is -0.481 e. The van der Waals surface area contributed by atoms with Crippen molar-refractivity contribution in [2.24, 2.45) is 5.41 Å². The van der Waals surface area contributed by atoms with E-state index in [-0.39, 0.29) is 22.9 Å². The van der Waals surface area contributed by atoms with E-state index in [9.17, 15) is 9.90 Å². The zero-order chi connectivity index (χ0) is 26.0. The third-order valence-electron chi connectivity index (χ3n) is 7.25. The Morgan fingerprint density at radius 3 is 2.00 bits per heavy atom. The molecule has 2 N–H and O–H groups in total. The van der Waals surface area contributed by atoms with Crippen molar-refractivity contribution in [1.29, 1.82) is 0 Å². The second-order valence-electron chi connectivity index (χ2n) is 10.8. The second-order valence-corrected chi connectivity index (χ2v) is 10.8. The van der Waals surface area contributed by atoms with Crippen molar-refractivity contribution >= 4 is 17.7 Å². The van der Waals surface area contributed by atoms with Crippen LogP contribution in [0.5, 0.6) is 0 Å². The monoisotopic (exact) mass is 491 g/mol. The number of hydrogen-bond acceptors (Lipinski definition) is 6. The van der Waals surface area contributed by atoms with Crippen molar-refractivity contribution in [3.05, 3.63) is 60.0 Å². The summed E-state index contributed by atoms with van der Waals surface area (Å²) in [5.41, 5.74) is 3.66. The molecule has 2 aromatic carbocycles. The Balaban J connectivity index is 0.00000148. The van der Waals surface area contributed by atoms with Gasteiger partial charge in [-0.15, -0.1) is 5.10 Å². The molecule has 7 nitrogen and oxygen atoms in total. The lowest BCUT2D eigenvalue weighted by Gasteiger charge is -2.53. The molecular formula is C29H37N3O4.